The standard InChI is InChI=1S/C15H16N4O2S/c1-9(2)12-7-14(21-19-12)18-13(20)8-22-15-16-10-5-3-4-6-11(10)17-15/h3-7,9H,8H2,1-2H3,(H,16,17)(H,18,20). The lowest BCUT2D eigenvalue weighted by Crippen LogP contribution is -2.13. The molecule has 1 aromatic carbocycles. The van der Waals surface area contributed by atoms with Gasteiger partial charge in [0.05, 0.1) is 22.5 Å². The molecule has 2 aromatic heterocycles. The summed E-state index contributed by atoms with van der Waals surface area (Å²) in [6, 6.07) is 9.50. The summed E-state index contributed by atoms with van der Waals surface area (Å²) in [7, 11) is 0. The molecule has 22 heavy (non-hydrogen) atoms. The minimum absolute atomic E-state index is 0.156. The van der Waals surface area contributed by atoms with Crippen LogP contribution in [-0.4, -0.2) is 26.8 Å². The van der Waals surface area contributed by atoms with Crippen molar-refractivity contribution in [1.29, 1.82) is 0 Å². The van der Waals surface area contributed by atoms with Gasteiger partial charge >= 0.3 is 0 Å². The van der Waals surface area contributed by atoms with Crippen LogP contribution in [0.3, 0.4) is 0 Å². The van der Waals surface area contributed by atoms with Gasteiger partial charge in [0.15, 0.2) is 5.16 Å². The van der Waals surface area contributed by atoms with E-state index in [0.29, 0.717) is 5.88 Å². The monoisotopic (exact) mass is 316 g/mol. The van der Waals surface area contributed by atoms with E-state index in [1.54, 1.807) is 6.07 Å². The molecular weight excluding hydrogens is 300 g/mol. The fourth-order valence-electron chi connectivity index (χ4n) is 1.93. The van der Waals surface area contributed by atoms with E-state index >= 15 is 0 Å². The summed E-state index contributed by atoms with van der Waals surface area (Å²) in [5.74, 6) is 0.729. The number of fused-ring (bicyclic) bond motifs is 1. The van der Waals surface area contributed by atoms with Crippen molar-refractivity contribution < 1.29 is 9.32 Å². The number of thioether (sulfide) groups is 1. The number of H-pyrrole nitrogens is 1. The predicted octanol–water partition coefficient (Wildman–Crippen LogP) is 3.41. The van der Waals surface area contributed by atoms with Gasteiger partial charge in [0.2, 0.25) is 11.8 Å². The van der Waals surface area contributed by atoms with Gasteiger partial charge in [-0.1, -0.05) is 42.9 Å². The number of nitrogens with one attached hydrogen (secondary N) is 2. The van der Waals surface area contributed by atoms with Gasteiger partial charge < -0.3 is 9.51 Å². The maximum absolute atomic E-state index is 11.9. The van der Waals surface area contributed by atoms with Crippen LogP contribution < -0.4 is 5.32 Å². The third kappa shape index (κ3) is 3.30. The summed E-state index contributed by atoms with van der Waals surface area (Å²) in [5, 5.41) is 7.31. The van der Waals surface area contributed by atoms with Crippen LogP contribution in [0.2, 0.25) is 0 Å². The van der Waals surface area contributed by atoms with E-state index in [0.717, 1.165) is 21.9 Å². The number of nitrogens with zero attached hydrogens (tertiary/aromatic N) is 2. The molecule has 0 fully saturated rings. The molecule has 0 aliphatic rings. The van der Waals surface area contributed by atoms with E-state index in [1.807, 2.05) is 38.1 Å². The summed E-state index contributed by atoms with van der Waals surface area (Å²) >= 11 is 1.35. The van der Waals surface area contributed by atoms with Crippen molar-refractivity contribution in [2.75, 3.05) is 11.1 Å². The molecule has 3 rings (SSSR count). The highest BCUT2D eigenvalue weighted by Crippen LogP contribution is 2.20. The Morgan fingerprint density at radius 1 is 1.41 bits per heavy atom. The van der Waals surface area contributed by atoms with E-state index in [1.165, 1.54) is 11.8 Å². The lowest BCUT2D eigenvalue weighted by Gasteiger charge is -1.99. The van der Waals surface area contributed by atoms with Gasteiger partial charge in [0, 0.05) is 6.07 Å². The molecule has 1 amide bonds. The Kier molecular flexibility index (Phi) is 4.15. The highest BCUT2D eigenvalue weighted by molar-refractivity contribution is 7.99. The number of carbonyl (C=O) groups is 1. The quantitative estimate of drug-likeness (QED) is 0.705. The average Bonchev–Trinajstić information content (AvgIpc) is 3.11. The minimum atomic E-state index is -0.156. The van der Waals surface area contributed by atoms with Crippen molar-refractivity contribution in [3.63, 3.8) is 0 Å². The number of amides is 1. The van der Waals surface area contributed by atoms with Gasteiger partial charge in [-0.05, 0) is 18.1 Å². The number of hydrogen-bond acceptors (Lipinski definition) is 5. The molecule has 0 atom stereocenters. The van der Waals surface area contributed by atoms with Crippen LogP contribution in [0, 0.1) is 0 Å². The molecule has 3 aromatic rings. The fraction of sp³-hybridized carbons (Fsp3) is 0.267. The molecule has 2 heterocycles. The Morgan fingerprint density at radius 2 is 2.23 bits per heavy atom. The molecule has 0 aliphatic carbocycles. The number of benzene rings is 1. The van der Waals surface area contributed by atoms with E-state index < -0.39 is 0 Å². The first-order valence-corrected chi connectivity index (χ1v) is 7.94. The van der Waals surface area contributed by atoms with Crippen molar-refractivity contribution in [3.8, 4) is 0 Å². The van der Waals surface area contributed by atoms with Crippen molar-refractivity contribution in [2.24, 2.45) is 0 Å². The maximum Gasteiger partial charge on any atom is 0.237 e. The molecule has 7 heteroatoms. The van der Waals surface area contributed by atoms with Crippen LogP contribution in [0.5, 0.6) is 0 Å². The lowest BCUT2D eigenvalue weighted by atomic mass is 10.1. The van der Waals surface area contributed by atoms with Gasteiger partial charge in [0.25, 0.3) is 0 Å². The van der Waals surface area contributed by atoms with Crippen molar-refractivity contribution in [3.05, 3.63) is 36.0 Å². The number of imidazole rings is 1. The molecule has 114 valence electrons. The van der Waals surface area contributed by atoms with Crippen LogP contribution >= 0.6 is 11.8 Å². The van der Waals surface area contributed by atoms with Gasteiger partial charge in [-0.25, -0.2) is 4.98 Å². The van der Waals surface area contributed by atoms with Crippen molar-refractivity contribution in [2.45, 2.75) is 24.9 Å². The Hall–Kier alpha value is -2.28. The zero-order valence-corrected chi connectivity index (χ0v) is 13.1. The second-order valence-corrected chi connectivity index (χ2v) is 6.13. The number of anilines is 1. The normalized spacial score (nSPS) is 11.2. The Balaban J connectivity index is 1.57. The molecule has 0 spiro atoms. The van der Waals surface area contributed by atoms with Crippen molar-refractivity contribution in [1.82, 2.24) is 15.1 Å². The van der Waals surface area contributed by atoms with Gasteiger partial charge in [0.1, 0.15) is 0 Å². The molecule has 0 bridgehead atoms. The van der Waals surface area contributed by atoms with Crippen LogP contribution in [0.15, 0.2) is 40.0 Å². The number of rotatable bonds is 5. The molecule has 0 aliphatic heterocycles. The minimum Gasteiger partial charge on any atom is -0.338 e. The first-order chi connectivity index (χ1) is 10.6. The van der Waals surface area contributed by atoms with Crippen LogP contribution in [0.4, 0.5) is 5.88 Å². The summed E-state index contributed by atoms with van der Waals surface area (Å²) in [4.78, 5) is 19.5. The third-order valence-corrected chi connectivity index (χ3v) is 3.96. The summed E-state index contributed by atoms with van der Waals surface area (Å²) in [6.07, 6.45) is 0. The summed E-state index contributed by atoms with van der Waals surface area (Å²) < 4.78 is 5.08. The van der Waals surface area contributed by atoms with Crippen LogP contribution in [0.1, 0.15) is 25.5 Å². The van der Waals surface area contributed by atoms with Crippen LogP contribution in [0.25, 0.3) is 11.0 Å². The predicted molar refractivity (Wildman–Crippen MR) is 86.0 cm³/mol. The first kappa shape index (κ1) is 14.6. The SMILES string of the molecule is CC(C)c1cc(NC(=O)CSc2nc3ccccc3[nH]2)on1. The second kappa shape index (κ2) is 6.23. The molecule has 0 saturated heterocycles. The van der Waals surface area contributed by atoms with E-state index in [9.17, 15) is 4.79 Å². The van der Waals surface area contributed by atoms with Gasteiger partial charge in [-0.2, -0.15) is 0 Å². The molecule has 2 N–H and O–H groups in total. The molecule has 0 saturated carbocycles. The number of aromatic nitrogens is 3. The smallest absolute Gasteiger partial charge is 0.237 e. The zero-order chi connectivity index (χ0) is 15.5. The van der Waals surface area contributed by atoms with E-state index in [-0.39, 0.29) is 17.6 Å². The molecule has 6 nitrogen and oxygen atoms in total. The van der Waals surface area contributed by atoms with Crippen molar-refractivity contribution >= 4 is 34.6 Å². The highest BCUT2D eigenvalue weighted by atomic mass is 32.2. The second-order valence-electron chi connectivity index (χ2n) is 5.17. The Bertz CT molecular complexity index is 761. The Labute approximate surface area is 131 Å². The molecule has 0 radical (unpaired) electrons. The molecular formula is C15H16N4O2S. The largest absolute Gasteiger partial charge is 0.338 e. The third-order valence-electron chi connectivity index (χ3n) is 3.09. The van der Waals surface area contributed by atoms with E-state index in [2.05, 4.69) is 20.4 Å². The van der Waals surface area contributed by atoms with E-state index in [4.69, 9.17) is 4.52 Å². The molecule has 0 unspecified atom stereocenters. The number of aromatic amines is 1. The van der Waals surface area contributed by atoms with Gasteiger partial charge in [-0.3, -0.25) is 10.1 Å². The Morgan fingerprint density at radius 3 is 2.95 bits per heavy atom. The maximum atomic E-state index is 11.9. The van der Waals surface area contributed by atoms with Gasteiger partial charge in [-0.15, -0.1) is 0 Å². The zero-order valence-electron chi connectivity index (χ0n) is 12.3. The summed E-state index contributed by atoms with van der Waals surface area (Å²) in [5.41, 5.74) is 2.67. The topological polar surface area (TPSA) is 83.8 Å². The first-order valence-electron chi connectivity index (χ1n) is 6.96. The number of para-hydroxylation sites is 2. The van der Waals surface area contributed by atoms with Crippen LogP contribution in [-0.2, 0) is 4.79 Å². The number of carbonyl (C=O) groups excluding carboxylic acids is 1. The highest BCUT2D eigenvalue weighted by Gasteiger charge is 2.11. The summed E-state index contributed by atoms with van der Waals surface area (Å²) in [6.45, 7) is 4.03. The lowest BCUT2D eigenvalue weighted by molar-refractivity contribution is -0.113. The average molecular weight is 316 g/mol. The number of hydrogen-bond donors (Lipinski definition) is 2. The fourth-order valence-corrected chi connectivity index (χ4v) is 2.61.